The molecule has 0 aliphatic heterocycles. The first-order chi connectivity index (χ1) is 9.11. The summed E-state index contributed by atoms with van der Waals surface area (Å²) in [6, 6.07) is -0.430. The van der Waals surface area contributed by atoms with Gasteiger partial charge in [-0.25, -0.2) is 9.59 Å². The molecule has 0 saturated carbocycles. The van der Waals surface area contributed by atoms with Crippen molar-refractivity contribution in [3.63, 3.8) is 0 Å². The first-order valence-corrected chi connectivity index (χ1v) is 5.95. The monoisotopic (exact) mass is 278 g/mol. The summed E-state index contributed by atoms with van der Waals surface area (Å²) in [5, 5.41) is 13.7. The largest absolute Gasteiger partial charge is 0.479 e. The van der Waals surface area contributed by atoms with Crippen LogP contribution in [-0.2, 0) is 19.0 Å². The number of methoxy groups -OCH3 is 2. The highest BCUT2D eigenvalue weighted by Crippen LogP contribution is 1.87. The van der Waals surface area contributed by atoms with E-state index in [2.05, 4.69) is 15.4 Å². The minimum absolute atomic E-state index is 0.0813. The number of hydrogen-bond donors (Lipinski definition) is 3. The number of carbonyl (C=O) groups excluding carboxylic acids is 1. The summed E-state index contributed by atoms with van der Waals surface area (Å²) < 4.78 is 14.7. The van der Waals surface area contributed by atoms with Crippen molar-refractivity contribution in [2.24, 2.45) is 0 Å². The molecule has 0 heterocycles. The lowest BCUT2D eigenvalue weighted by Gasteiger charge is -2.12. The van der Waals surface area contributed by atoms with Gasteiger partial charge >= 0.3 is 12.0 Å². The number of rotatable bonds is 11. The second kappa shape index (κ2) is 11.7. The number of ether oxygens (including phenoxy) is 3. The summed E-state index contributed by atoms with van der Waals surface area (Å²) >= 11 is 0. The fourth-order valence-corrected chi connectivity index (χ4v) is 1.14. The van der Waals surface area contributed by atoms with E-state index in [-0.39, 0.29) is 6.54 Å². The summed E-state index contributed by atoms with van der Waals surface area (Å²) in [6.45, 7) is 1.96. The lowest BCUT2D eigenvalue weighted by Crippen LogP contribution is -2.43. The molecule has 0 aliphatic carbocycles. The maximum atomic E-state index is 11.3. The van der Waals surface area contributed by atoms with Crippen LogP contribution in [0.5, 0.6) is 0 Å². The molecule has 2 amide bonds. The third-order valence-electron chi connectivity index (χ3n) is 2.19. The van der Waals surface area contributed by atoms with Crippen LogP contribution >= 0.6 is 0 Å². The summed E-state index contributed by atoms with van der Waals surface area (Å²) in [4.78, 5) is 21.9. The second-order valence-electron chi connectivity index (χ2n) is 3.66. The molecule has 0 radical (unpaired) electrons. The molecule has 8 nitrogen and oxygen atoms in total. The highest BCUT2D eigenvalue weighted by Gasteiger charge is 2.16. The van der Waals surface area contributed by atoms with E-state index in [0.717, 1.165) is 0 Å². The SMILES string of the molecule is COCCOCCCNC(=O)NCC(OC)C(=O)O. The van der Waals surface area contributed by atoms with Gasteiger partial charge < -0.3 is 30.0 Å². The fraction of sp³-hybridized carbons (Fsp3) is 0.818. The van der Waals surface area contributed by atoms with E-state index in [4.69, 9.17) is 14.6 Å². The Morgan fingerprint density at radius 1 is 1.16 bits per heavy atom. The molecule has 0 rings (SSSR count). The van der Waals surface area contributed by atoms with Gasteiger partial charge in [0.1, 0.15) is 0 Å². The topological polar surface area (TPSA) is 106 Å². The van der Waals surface area contributed by atoms with Crippen molar-refractivity contribution < 1.29 is 28.9 Å². The van der Waals surface area contributed by atoms with Crippen molar-refractivity contribution in [1.82, 2.24) is 10.6 Å². The van der Waals surface area contributed by atoms with Gasteiger partial charge in [0.25, 0.3) is 0 Å². The number of urea groups is 1. The molecule has 0 bridgehead atoms. The van der Waals surface area contributed by atoms with Gasteiger partial charge in [0.2, 0.25) is 0 Å². The fourth-order valence-electron chi connectivity index (χ4n) is 1.14. The van der Waals surface area contributed by atoms with Gasteiger partial charge in [-0.3, -0.25) is 0 Å². The first kappa shape index (κ1) is 17.6. The summed E-state index contributed by atoms with van der Waals surface area (Å²) in [5.41, 5.74) is 0. The van der Waals surface area contributed by atoms with E-state index in [1.165, 1.54) is 7.11 Å². The van der Waals surface area contributed by atoms with Gasteiger partial charge in [-0.1, -0.05) is 0 Å². The molecule has 0 saturated heterocycles. The molecule has 3 N–H and O–H groups in total. The molecule has 8 heteroatoms. The number of aliphatic carboxylic acids is 1. The Bertz CT molecular complexity index is 262. The van der Waals surface area contributed by atoms with Gasteiger partial charge in [-0.15, -0.1) is 0 Å². The van der Waals surface area contributed by atoms with Crippen LogP contribution in [0.1, 0.15) is 6.42 Å². The normalized spacial score (nSPS) is 11.9. The third kappa shape index (κ3) is 10.2. The van der Waals surface area contributed by atoms with Gasteiger partial charge in [0, 0.05) is 27.4 Å². The van der Waals surface area contributed by atoms with E-state index in [0.29, 0.717) is 32.8 Å². The van der Waals surface area contributed by atoms with Crippen LogP contribution in [0.25, 0.3) is 0 Å². The minimum Gasteiger partial charge on any atom is -0.479 e. The zero-order chi connectivity index (χ0) is 14.5. The molecule has 0 spiro atoms. The third-order valence-corrected chi connectivity index (χ3v) is 2.19. The van der Waals surface area contributed by atoms with E-state index >= 15 is 0 Å². The Kier molecular flexibility index (Phi) is 10.8. The molecular weight excluding hydrogens is 256 g/mol. The van der Waals surface area contributed by atoms with Gasteiger partial charge in [0.15, 0.2) is 6.10 Å². The molecule has 0 aromatic heterocycles. The molecule has 0 aliphatic rings. The minimum atomic E-state index is -1.12. The standard InChI is InChI=1S/C11H22N2O6/c1-17-6-7-19-5-3-4-12-11(16)13-8-9(18-2)10(14)15/h9H,3-8H2,1-2H3,(H,14,15)(H2,12,13,16). The number of carbonyl (C=O) groups is 2. The number of nitrogens with one attached hydrogen (secondary N) is 2. The second-order valence-corrected chi connectivity index (χ2v) is 3.66. The van der Waals surface area contributed by atoms with Crippen LogP contribution < -0.4 is 10.6 Å². The van der Waals surface area contributed by atoms with Crippen molar-refractivity contribution in [2.45, 2.75) is 12.5 Å². The van der Waals surface area contributed by atoms with Crippen LogP contribution in [0.15, 0.2) is 0 Å². The van der Waals surface area contributed by atoms with E-state index in [9.17, 15) is 9.59 Å². The van der Waals surface area contributed by atoms with Gasteiger partial charge in [0.05, 0.1) is 19.8 Å². The molecular formula is C11H22N2O6. The van der Waals surface area contributed by atoms with Crippen molar-refractivity contribution in [1.29, 1.82) is 0 Å². The van der Waals surface area contributed by atoms with Crippen molar-refractivity contribution in [3.8, 4) is 0 Å². The average Bonchev–Trinajstić information content (AvgIpc) is 2.38. The van der Waals surface area contributed by atoms with Gasteiger partial charge in [-0.05, 0) is 6.42 Å². The van der Waals surface area contributed by atoms with Crippen molar-refractivity contribution in [3.05, 3.63) is 0 Å². The molecule has 0 fully saturated rings. The summed E-state index contributed by atoms with van der Waals surface area (Å²) in [6.07, 6.45) is -0.368. The Morgan fingerprint density at radius 3 is 2.47 bits per heavy atom. The predicted octanol–water partition coefficient (Wildman–Crippen LogP) is -0.562. The van der Waals surface area contributed by atoms with Gasteiger partial charge in [-0.2, -0.15) is 0 Å². The first-order valence-electron chi connectivity index (χ1n) is 5.95. The summed E-state index contributed by atoms with van der Waals surface area (Å²) in [5.74, 6) is -1.12. The molecule has 19 heavy (non-hydrogen) atoms. The van der Waals surface area contributed by atoms with Crippen LogP contribution in [-0.4, -0.2) is 70.3 Å². The maximum Gasteiger partial charge on any atom is 0.334 e. The smallest absolute Gasteiger partial charge is 0.334 e. The molecule has 0 aromatic carbocycles. The summed E-state index contributed by atoms with van der Waals surface area (Å²) in [7, 11) is 2.87. The lowest BCUT2D eigenvalue weighted by atomic mass is 10.3. The Morgan fingerprint density at radius 2 is 1.89 bits per heavy atom. The maximum absolute atomic E-state index is 11.3. The molecule has 1 unspecified atom stereocenters. The van der Waals surface area contributed by atoms with Crippen molar-refractivity contribution >= 4 is 12.0 Å². The molecule has 1 atom stereocenters. The van der Waals surface area contributed by atoms with E-state index in [1.807, 2.05) is 0 Å². The van der Waals surface area contributed by atoms with Crippen LogP contribution in [0, 0.1) is 0 Å². The average molecular weight is 278 g/mol. The lowest BCUT2D eigenvalue weighted by molar-refractivity contribution is -0.147. The van der Waals surface area contributed by atoms with Crippen LogP contribution in [0.2, 0.25) is 0 Å². The predicted molar refractivity (Wildman–Crippen MR) is 67.1 cm³/mol. The number of hydrogen-bond acceptors (Lipinski definition) is 5. The van der Waals surface area contributed by atoms with E-state index in [1.54, 1.807) is 7.11 Å². The number of carboxylic acids is 1. The Hall–Kier alpha value is -1.38. The zero-order valence-corrected chi connectivity index (χ0v) is 11.3. The van der Waals surface area contributed by atoms with Crippen LogP contribution in [0.3, 0.4) is 0 Å². The van der Waals surface area contributed by atoms with E-state index < -0.39 is 18.1 Å². The van der Waals surface area contributed by atoms with Crippen LogP contribution in [0.4, 0.5) is 4.79 Å². The number of amides is 2. The Balaban J connectivity index is 3.46. The highest BCUT2D eigenvalue weighted by atomic mass is 16.5. The highest BCUT2D eigenvalue weighted by molar-refractivity contribution is 5.76. The molecule has 0 aromatic rings. The Labute approximate surface area is 112 Å². The van der Waals surface area contributed by atoms with Crippen molar-refractivity contribution in [2.75, 3.05) is 47.1 Å². The molecule has 112 valence electrons. The zero-order valence-electron chi connectivity index (χ0n) is 11.3. The quantitative estimate of drug-likeness (QED) is 0.437. The number of carboxylic acid groups (broad SMARTS) is 1.